The summed E-state index contributed by atoms with van der Waals surface area (Å²) >= 11 is 5.84. The maximum absolute atomic E-state index is 5.86. The summed E-state index contributed by atoms with van der Waals surface area (Å²) in [5.74, 6) is 1.63. The van der Waals surface area contributed by atoms with Gasteiger partial charge in [-0.15, -0.1) is 0 Å². The number of hydrogen-bond donors (Lipinski definition) is 1. The Labute approximate surface area is 112 Å². The van der Waals surface area contributed by atoms with E-state index in [1.54, 1.807) is 0 Å². The van der Waals surface area contributed by atoms with Crippen molar-refractivity contribution >= 4 is 11.6 Å². The fourth-order valence-corrected chi connectivity index (χ4v) is 1.91. The third-order valence-corrected chi connectivity index (χ3v) is 2.92. The zero-order chi connectivity index (χ0) is 13.0. The second-order valence-electron chi connectivity index (χ2n) is 4.21. The normalized spacial score (nSPS) is 10.4. The topological polar surface area (TPSA) is 35.2 Å². The van der Waals surface area contributed by atoms with Crippen molar-refractivity contribution in [3.8, 4) is 11.5 Å². The molecule has 0 heterocycles. The van der Waals surface area contributed by atoms with E-state index in [2.05, 4.69) is 13.0 Å². The number of ether oxygens (including phenoxy) is 1. The first kappa shape index (κ1) is 12.9. The van der Waals surface area contributed by atoms with Crippen LogP contribution in [0.5, 0.6) is 11.5 Å². The molecule has 18 heavy (non-hydrogen) atoms. The Hall–Kier alpha value is -1.51. The molecule has 0 bridgehead atoms. The molecule has 3 heteroatoms. The zero-order valence-electron chi connectivity index (χ0n) is 10.3. The molecule has 0 amide bonds. The molecule has 2 rings (SSSR count). The van der Waals surface area contributed by atoms with Crippen LogP contribution in [-0.2, 0) is 6.42 Å². The largest absolute Gasteiger partial charge is 0.457 e. The number of benzene rings is 2. The van der Waals surface area contributed by atoms with E-state index in [-0.39, 0.29) is 0 Å². The molecule has 0 aliphatic carbocycles. The van der Waals surface area contributed by atoms with Crippen molar-refractivity contribution in [1.29, 1.82) is 0 Å². The van der Waals surface area contributed by atoms with Crippen LogP contribution in [0.1, 0.15) is 11.1 Å². The average molecular weight is 262 g/mol. The van der Waals surface area contributed by atoms with Crippen molar-refractivity contribution in [2.75, 3.05) is 6.54 Å². The van der Waals surface area contributed by atoms with Crippen LogP contribution >= 0.6 is 11.6 Å². The molecule has 2 N–H and O–H groups in total. The van der Waals surface area contributed by atoms with E-state index in [0.29, 0.717) is 11.6 Å². The summed E-state index contributed by atoms with van der Waals surface area (Å²) in [5.41, 5.74) is 7.96. The summed E-state index contributed by atoms with van der Waals surface area (Å²) in [7, 11) is 0. The highest BCUT2D eigenvalue weighted by atomic mass is 35.5. The Morgan fingerprint density at radius 1 is 1.11 bits per heavy atom. The Morgan fingerprint density at radius 3 is 2.50 bits per heavy atom. The third-order valence-electron chi connectivity index (χ3n) is 2.67. The Kier molecular flexibility index (Phi) is 4.24. The fourth-order valence-electron chi connectivity index (χ4n) is 1.79. The molecule has 0 saturated carbocycles. The van der Waals surface area contributed by atoms with Crippen LogP contribution in [-0.4, -0.2) is 6.54 Å². The van der Waals surface area contributed by atoms with Crippen molar-refractivity contribution < 1.29 is 4.74 Å². The van der Waals surface area contributed by atoms with Crippen LogP contribution in [0.4, 0.5) is 0 Å². The molecule has 0 atom stereocenters. The van der Waals surface area contributed by atoms with E-state index in [1.165, 1.54) is 5.56 Å². The number of nitrogens with two attached hydrogens (primary N) is 1. The van der Waals surface area contributed by atoms with Crippen LogP contribution < -0.4 is 10.5 Å². The van der Waals surface area contributed by atoms with Crippen LogP contribution in [0, 0.1) is 6.92 Å². The van der Waals surface area contributed by atoms with Gasteiger partial charge in [-0.1, -0.05) is 29.3 Å². The molecule has 2 aromatic rings. The molecule has 0 aromatic heterocycles. The molecule has 0 saturated heterocycles. The van der Waals surface area contributed by atoms with Gasteiger partial charge in [-0.05, 0) is 55.8 Å². The Bertz CT molecular complexity index is 523. The number of halogens is 1. The summed E-state index contributed by atoms with van der Waals surface area (Å²) in [5, 5.41) is 0.702. The number of hydrogen-bond acceptors (Lipinski definition) is 2. The number of aryl methyl sites for hydroxylation is 1. The maximum Gasteiger partial charge on any atom is 0.130 e. The smallest absolute Gasteiger partial charge is 0.130 e. The molecular weight excluding hydrogens is 246 g/mol. The lowest BCUT2D eigenvalue weighted by atomic mass is 10.1. The molecule has 2 nitrogen and oxygen atoms in total. The highest BCUT2D eigenvalue weighted by Gasteiger charge is 2.05. The molecule has 0 radical (unpaired) electrons. The van der Waals surface area contributed by atoms with E-state index < -0.39 is 0 Å². The Balaban J connectivity index is 2.25. The molecule has 0 fully saturated rings. The van der Waals surface area contributed by atoms with Gasteiger partial charge in [0.05, 0.1) is 0 Å². The molecule has 2 aromatic carbocycles. The van der Waals surface area contributed by atoms with Gasteiger partial charge >= 0.3 is 0 Å². The SMILES string of the molecule is Cc1ccc(Oc2ccc(Cl)cc2)c(CCN)c1. The Morgan fingerprint density at radius 2 is 1.83 bits per heavy atom. The summed E-state index contributed by atoms with van der Waals surface area (Å²) in [6.45, 7) is 2.67. The van der Waals surface area contributed by atoms with E-state index in [0.717, 1.165) is 23.5 Å². The van der Waals surface area contributed by atoms with E-state index in [1.807, 2.05) is 36.4 Å². The first-order valence-corrected chi connectivity index (χ1v) is 6.30. The van der Waals surface area contributed by atoms with Crippen LogP contribution in [0.25, 0.3) is 0 Å². The summed E-state index contributed by atoms with van der Waals surface area (Å²) in [4.78, 5) is 0. The average Bonchev–Trinajstić information content (AvgIpc) is 2.36. The van der Waals surface area contributed by atoms with Gasteiger partial charge in [0.1, 0.15) is 11.5 Å². The molecule has 0 aliphatic heterocycles. The maximum atomic E-state index is 5.86. The van der Waals surface area contributed by atoms with Crippen LogP contribution in [0.3, 0.4) is 0 Å². The molecule has 0 spiro atoms. The van der Waals surface area contributed by atoms with E-state index >= 15 is 0 Å². The highest BCUT2D eigenvalue weighted by Crippen LogP contribution is 2.27. The minimum atomic E-state index is 0.612. The third kappa shape index (κ3) is 3.25. The van der Waals surface area contributed by atoms with E-state index in [9.17, 15) is 0 Å². The minimum absolute atomic E-state index is 0.612. The molecule has 0 aliphatic rings. The van der Waals surface area contributed by atoms with Crippen LogP contribution in [0.15, 0.2) is 42.5 Å². The van der Waals surface area contributed by atoms with Gasteiger partial charge in [0.2, 0.25) is 0 Å². The lowest BCUT2D eigenvalue weighted by Gasteiger charge is -2.11. The lowest BCUT2D eigenvalue weighted by Crippen LogP contribution is -2.04. The minimum Gasteiger partial charge on any atom is -0.457 e. The monoisotopic (exact) mass is 261 g/mol. The van der Waals surface area contributed by atoms with Gasteiger partial charge in [0.25, 0.3) is 0 Å². The van der Waals surface area contributed by atoms with Crippen molar-refractivity contribution in [3.05, 3.63) is 58.6 Å². The summed E-state index contributed by atoms with van der Waals surface area (Å²) in [6.07, 6.45) is 0.810. The quantitative estimate of drug-likeness (QED) is 0.905. The van der Waals surface area contributed by atoms with Crippen molar-refractivity contribution in [2.45, 2.75) is 13.3 Å². The number of rotatable bonds is 4. The molecule has 94 valence electrons. The second kappa shape index (κ2) is 5.89. The highest BCUT2D eigenvalue weighted by molar-refractivity contribution is 6.30. The van der Waals surface area contributed by atoms with E-state index in [4.69, 9.17) is 22.1 Å². The van der Waals surface area contributed by atoms with Gasteiger partial charge in [-0.2, -0.15) is 0 Å². The van der Waals surface area contributed by atoms with Crippen molar-refractivity contribution in [3.63, 3.8) is 0 Å². The van der Waals surface area contributed by atoms with Crippen molar-refractivity contribution in [2.24, 2.45) is 5.73 Å². The fraction of sp³-hybridized carbons (Fsp3) is 0.200. The zero-order valence-corrected chi connectivity index (χ0v) is 11.1. The predicted octanol–water partition coefficient (Wildman–Crippen LogP) is 3.94. The van der Waals surface area contributed by atoms with Crippen molar-refractivity contribution in [1.82, 2.24) is 0 Å². The second-order valence-corrected chi connectivity index (χ2v) is 4.64. The van der Waals surface area contributed by atoms with Gasteiger partial charge in [0, 0.05) is 5.02 Å². The van der Waals surface area contributed by atoms with Gasteiger partial charge in [-0.25, -0.2) is 0 Å². The van der Waals surface area contributed by atoms with Crippen LogP contribution in [0.2, 0.25) is 5.02 Å². The summed E-state index contributed by atoms with van der Waals surface area (Å²) in [6, 6.07) is 13.5. The first-order valence-electron chi connectivity index (χ1n) is 5.92. The lowest BCUT2D eigenvalue weighted by molar-refractivity contribution is 0.476. The summed E-state index contributed by atoms with van der Waals surface area (Å²) < 4.78 is 5.86. The molecular formula is C15H16ClNO. The van der Waals surface area contributed by atoms with Gasteiger partial charge < -0.3 is 10.5 Å². The molecule has 0 unspecified atom stereocenters. The standard InChI is InChI=1S/C15H16ClNO/c1-11-2-7-15(12(10-11)8-9-17)18-14-5-3-13(16)4-6-14/h2-7,10H,8-9,17H2,1H3. The predicted molar refractivity (Wildman–Crippen MR) is 75.5 cm³/mol. The first-order chi connectivity index (χ1) is 8.69. The van der Waals surface area contributed by atoms with Gasteiger partial charge in [0.15, 0.2) is 0 Å². The van der Waals surface area contributed by atoms with Gasteiger partial charge in [-0.3, -0.25) is 0 Å².